The van der Waals surface area contributed by atoms with Crippen molar-refractivity contribution in [1.82, 2.24) is 0 Å². The van der Waals surface area contributed by atoms with Crippen molar-refractivity contribution in [2.75, 3.05) is 0 Å². The van der Waals surface area contributed by atoms with Gasteiger partial charge in [-0.15, -0.1) is 0 Å². The first-order valence-electron chi connectivity index (χ1n) is 5.12. The van der Waals surface area contributed by atoms with E-state index >= 15 is 0 Å². The molecule has 0 aliphatic rings. The maximum atomic E-state index is 2.32. The van der Waals surface area contributed by atoms with Gasteiger partial charge in [-0.2, -0.15) is 0 Å². The largest absolute Gasteiger partial charge is 0.139 e. The van der Waals surface area contributed by atoms with Gasteiger partial charge in [-0.1, -0.05) is 51.4 Å². The van der Waals surface area contributed by atoms with Crippen LogP contribution in [-0.2, 0) is 0 Å². The second-order valence-electron chi connectivity index (χ2n) is 4.44. The maximum Gasteiger partial charge on any atom is 0.139 e. The first kappa shape index (κ1) is 10.4. The minimum atomic E-state index is 0.636. The van der Waals surface area contributed by atoms with Crippen molar-refractivity contribution in [2.45, 2.75) is 39.5 Å². The highest BCUT2D eigenvalue weighted by atomic mass is 14.1. The van der Waals surface area contributed by atoms with Crippen LogP contribution in [0.2, 0.25) is 0 Å². The lowest BCUT2D eigenvalue weighted by Crippen LogP contribution is -2.08. The highest BCUT2D eigenvalue weighted by Gasteiger charge is 2.08. The normalized spacial score (nSPS) is 11.2. The van der Waals surface area contributed by atoms with E-state index in [1.165, 1.54) is 16.6 Å². The number of hydrogen-bond donors (Lipinski definition) is 0. The van der Waals surface area contributed by atoms with Crippen LogP contribution in [0.25, 0.3) is 0 Å². The standard InChI is InChI=1S/C12H19B/c1-8(2)11-6-5-10(13)7-12(11)9(3)4/h5-9H,13H2,1-4H3. The summed E-state index contributed by atoms with van der Waals surface area (Å²) in [4.78, 5) is 0. The Hall–Kier alpha value is -0.715. The van der Waals surface area contributed by atoms with Crippen molar-refractivity contribution in [2.24, 2.45) is 0 Å². The van der Waals surface area contributed by atoms with Crippen LogP contribution in [0.4, 0.5) is 0 Å². The highest BCUT2D eigenvalue weighted by Crippen LogP contribution is 2.24. The second-order valence-corrected chi connectivity index (χ2v) is 4.44. The molecule has 0 spiro atoms. The molecule has 13 heavy (non-hydrogen) atoms. The third-order valence-corrected chi connectivity index (χ3v) is 2.49. The summed E-state index contributed by atoms with van der Waals surface area (Å²) in [5.74, 6) is 1.27. The molecule has 1 heteroatoms. The third kappa shape index (κ3) is 2.36. The molecular formula is C12H19B. The van der Waals surface area contributed by atoms with Crippen molar-refractivity contribution in [3.05, 3.63) is 29.3 Å². The van der Waals surface area contributed by atoms with Gasteiger partial charge in [-0.25, -0.2) is 0 Å². The predicted octanol–water partition coefficient (Wildman–Crippen LogP) is 2.19. The van der Waals surface area contributed by atoms with Crippen LogP contribution in [0.15, 0.2) is 18.2 Å². The lowest BCUT2D eigenvalue weighted by Gasteiger charge is -2.16. The van der Waals surface area contributed by atoms with Gasteiger partial charge in [-0.3, -0.25) is 0 Å². The summed E-state index contributed by atoms with van der Waals surface area (Å²) in [5, 5.41) is 0. The SMILES string of the molecule is Bc1ccc(C(C)C)c(C(C)C)c1. The Labute approximate surface area is 82.8 Å². The molecule has 0 aliphatic carbocycles. The van der Waals surface area contributed by atoms with Crippen molar-refractivity contribution in [3.8, 4) is 0 Å². The van der Waals surface area contributed by atoms with E-state index in [1.807, 2.05) is 0 Å². The quantitative estimate of drug-likeness (QED) is 0.603. The van der Waals surface area contributed by atoms with Gasteiger partial charge in [0.1, 0.15) is 7.85 Å². The molecule has 70 valence electrons. The van der Waals surface area contributed by atoms with Crippen LogP contribution >= 0.6 is 0 Å². The first-order chi connectivity index (χ1) is 6.02. The van der Waals surface area contributed by atoms with Gasteiger partial charge >= 0.3 is 0 Å². The smallest absolute Gasteiger partial charge is 0.0887 e. The van der Waals surface area contributed by atoms with Crippen LogP contribution in [0.5, 0.6) is 0 Å². The van der Waals surface area contributed by atoms with Crippen molar-refractivity contribution in [3.63, 3.8) is 0 Å². The van der Waals surface area contributed by atoms with E-state index in [9.17, 15) is 0 Å². The van der Waals surface area contributed by atoms with E-state index in [0.29, 0.717) is 11.8 Å². The molecule has 1 rings (SSSR count). The first-order valence-corrected chi connectivity index (χ1v) is 5.12. The van der Waals surface area contributed by atoms with Crippen LogP contribution in [-0.4, -0.2) is 7.85 Å². The average Bonchev–Trinajstić information content (AvgIpc) is 2.03. The van der Waals surface area contributed by atoms with Gasteiger partial charge in [-0.05, 0) is 23.0 Å². The fourth-order valence-corrected chi connectivity index (χ4v) is 1.72. The van der Waals surface area contributed by atoms with Gasteiger partial charge in [0, 0.05) is 0 Å². The molecule has 0 aliphatic heterocycles. The van der Waals surface area contributed by atoms with E-state index in [0.717, 1.165) is 0 Å². The topological polar surface area (TPSA) is 0 Å². The van der Waals surface area contributed by atoms with E-state index in [4.69, 9.17) is 0 Å². The summed E-state index contributed by atoms with van der Waals surface area (Å²) in [6.45, 7) is 9.05. The molecular weight excluding hydrogens is 155 g/mol. The molecule has 0 saturated carbocycles. The van der Waals surface area contributed by atoms with Crippen molar-refractivity contribution in [1.29, 1.82) is 0 Å². The van der Waals surface area contributed by atoms with E-state index in [2.05, 4.69) is 53.7 Å². The Morgan fingerprint density at radius 1 is 0.923 bits per heavy atom. The molecule has 0 nitrogen and oxygen atoms in total. The van der Waals surface area contributed by atoms with Gasteiger partial charge < -0.3 is 0 Å². The summed E-state index contributed by atoms with van der Waals surface area (Å²) in [7, 11) is 2.16. The van der Waals surface area contributed by atoms with Gasteiger partial charge in [0.05, 0.1) is 0 Å². The zero-order valence-electron chi connectivity index (χ0n) is 9.39. The van der Waals surface area contributed by atoms with Crippen molar-refractivity contribution >= 4 is 13.3 Å². The molecule has 0 saturated heterocycles. The Morgan fingerprint density at radius 3 is 1.92 bits per heavy atom. The lowest BCUT2D eigenvalue weighted by atomic mass is 9.85. The summed E-state index contributed by atoms with van der Waals surface area (Å²) in [5.41, 5.74) is 4.38. The van der Waals surface area contributed by atoms with Crippen LogP contribution in [0.1, 0.15) is 50.7 Å². The van der Waals surface area contributed by atoms with E-state index in [-0.39, 0.29) is 0 Å². The Bertz CT molecular complexity index is 287. The number of rotatable bonds is 2. The van der Waals surface area contributed by atoms with Crippen molar-refractivity contribution < 1.29 is 0 Å². The second kappa shape index (κ2) is 4.00. The van der Waals surface area contributed by atoms with Crippen LogP contribution in [0, 0.1) is 0 Å². The molecule has 0 radical (unpaired) electrons. The highest BCUT2D eigenvalue weighted by molar-refractivity contribution is 6.32. The van der Waals surface area contributed by atoms with Gasteiger partial charge in [0.25, 0.3) is 0 Å². The molecule has 0 bridgehead atoms. The molecule has 0 N–H and O–H groups in total. The summed E-state index contributed by atoms with van der Waals surface area (Å²) >= 11 is 0. The average molecular weight is 174 g/mol. The molecule has 0 atom stereocenters. The fraction of sp³-hybridized carbons (Fsp3) is 0.500. The minimum Gasteiger partial charge on any atom is -0.0887 e. The Morgan fingerprint density at radius 2 is 1.46 bits per heavy atom. The van der Waals surface area contributed by atoms with Gasteiger partial charge in [0.15, 0.2) is 0 Å². The minimum absolute atomic E-state index is 0.636. The molecule has 1 aromatic carbocycles. The molecule has 0 unspecified atom stereocenters. The van der Waals surface area contributed by atoms with E-state index in [1.54, 1.807) is 0 Å². The Kier molecular flexibility index (Phi) is 3.19. The lowest BCUT2D eigenvalue weighted by molar-refractivity contribution is 0.791. The van der Waals surface area contributed by atoms with Crippen LogP contribution < -0.4 is 5.46 Å². The summed E-state index contributed by atoms with van der Waals surface area (Å²) in [6, 6.07) is 6.80. The fourth-order valence-electron chi connectivity index (χ4n) is 1.72. The molecule has 0 amide bonds. The van der Waals surface area contributed by atoms with Crippen LogP contribution in [0.3, 0.4) is 0 Å². The maximum absolute atomic E-state index is 2.32. The summed E-state index contributed by atoms with van der Waals surface area (Å²) < 4.78 is 0. The molecule has 0 aromatic heterocycles. The summed E-state index contributed by atoms with van der Waals surface area (Å²) in [6.07, 6.45) is 0. The predicted molar refractivity (Wildman–Crippen MR) is 62.8 cm³/mol. The number of hydrogen-bond acceptors (Lipinski definition) is 0. The Balaban J connectivity index is 3.19. The zero-order valence-corrected chi connectivity index (χ0v) is 9.39. The zero-order chi connectivity index (χ0) is 10.0. The molecule has 0 heterocycles. The van der Waals surface area contributed by atoms with E-state index < -0.39 is 0 Å². The molecule has 1 aromatic rings. The third-order valence-electron chi connectivity index (χ3n) is 2.49. The number of benzene rings is 1. The monoisotopic (exact) mass is 174 g/mol. The molecule has 0 fully saturated rings. The van der Waals surface area contributed by atoms with Gasteiger partial charge in [0.2, 0.25) is 0 Å².